The van der Waals surface area contributed by atoms with E-state index in [0.717, 1.165) is 36.6 Å². The highest BCUT2D eigenvalue weighted by Gasteiger charge is 2.33. The third-order valence-electron chi connectivity index (χ3n) is 5.60. The monoisotopic (exact) mass is 498 g/mol. The number of rotatable bonds is 8. The highest BCUT2D eigenvalue weighted by Crippen LogP contribution is 2.42. The Kier molecular flexibility index (Phi) is 6.38. The molecule has 1 saturated carbocycles. The smallest absolute Gasteiger partial charge is 0.416 e. The number of halogens is 3. The molecule has 1 unspecified atom stereocenters. The van der Waals surface area contributed by atoms with Crippen molar-refractivity contribution in [3.05, 3.63) is 95.7 Å². The number of alkyl halides is 3. The van der Waals surface area contributed by atoms with Crippen LogP contribution in [0.15, 0.2) is 82.6 Å². The second-order valence-corrected chi connectivity index (χ2v) is 9.33. The molecule has 5 rings (SSSR count). The van der Waals surface area contributed by atoms with Gasteiger partial charge in [0.15, 0.2) is 5.16 Å². The first kappa shape index (κ1) is 23.2. The van der Waals surface area contributed by atoms with Gasteiger partial charge < -0.3 is 9.73 Å². The lowest BCUT2D eigenvalue weighted by Crippen LogP contribution is -2.20. The summed E-state index contributed by atoms with van der Waals surface area (Å²) in [6, 6.07) is 17.3. The van der Waals surface area contributed by atoms with Crippen LogP contribution in [0.2, 0.25) is 0 Å². The standard InChI is InChI=1S/C25H21F3N4O2S/c26-25(27,28)18-8-4-9-19(14-18)29-23(33)21(16-6-2-1-3-7-16)35-24-31-30-22(17-11-12-17)32(24)15-20-10-5-13-34-20/h1-10,13-14,17,21H,11-12,15H2,(H,29,33). The van der Waals surface area contributed by atoms with Crippen molar-refractivity contribution in [2.45, 2.75) is 41.9 Å². The normalized spacial score (nSPS) is 14.6. The lowest BCUT2D eigenvalue weighted by Gasteiger charge is -2.18. The zero-order valence-corrected chi connectivity index (χ0v) is 19.2. The van der Waals surface area contributed by atoms with Gasteiger partial charge in [0.25, 0.3) is 0 Å². The summed E-state index contributed by atoms with van der Waals surface area (Å²) in [7, 11) is 0. The molecule has 0 bridgehead atoms. The van der Waals surface area contributed by atoms with Crippen LogP contribution in [0.25, 0.3) is 0 Å². The minimum absolute atomic E-state index is 0.0714. The number of thioether (sulfide) groups is 1. The Morgan fingerprint density at radius 2 is 1.89 bits per heavy atom. The van der Waals surface area contributed by atoms with E-state index >= 15 is 0 Å². The maximum Gasteiger partial charge on any atom is 0.416 e. The van der Waals surface area contributed by atoms with Crippen LogP contribution in [0.4, 0.5) is 18.9 Å². The number of carbonyl (C=O) groups excluding carboxylic acids is 1. The maximum atomic E-state index is 13.4. The van der Waals surface area contributed by atoms with Gasteiger partial charge in [0.2, 0.25) is 5.91 Å². The molecule has 1 aliphatic carbocycles. The summed E-state index contributed by atoms with van der Waals surface area (Å²) in [5.74, 6) is 1.44. The highest BCUT2D eigenvalue weighted by molar-refractivity contribution is 8.00. The predicted molar refractivity (Wildman–Crippen MR) is 125 cm³/mol. The molecule has 180 valence electrons. The van der Waals surface area contributed by atoms with Gasteiger partial charge in [-0.15, -0.1) is 10.2 Å². The Hall–Kier alpha value is -3.53. The largest absolute Gasteiger partial charge is 0.467 e. The van der Waals surface area contributed by atoms with Gasteiger partial charge in [0.05, 0.1) is 18.4 Å². The molecule has 2 heterocycles. The van der Waals surface area contributed by atoms with Crippen molar-refractivity contribution in [1.82, 2.24) is 14.8 Å². The molecular formula is C25H21F3N4O2S. The summed E-state index contributed by atoms with van der Waals surface area (Å²) in [6.07, 6.45) is -0.855. The van der Waals surface area contributed by atoms with Crippen molar-refractivity contribution in [2.75, 3.05) is 5.32 Å². The molecule has 0 aliphatic heterocycles. The Morgan fingerprint density at radius 1 is 1.09 bits per heavy atom. The highest BCUT2D eigenvalue weighted by atomic mass is 32.2. The van der Waals surface area contributed by atoms with E-state index in [1.165, 1.54) is 23.9 Å². The molecule has 1 N–H and O–H groups in total. The number of hydrogen-bond donors (Lipinski definition) is 1. The number of carbonyl (C=O) groups is 1. The number of aromatic nitrogens is 3. The van der Waals surface area contributed by atoms with Crippen LogP contribution in [0.1, 0.15) is 46.7 Å². The van der Waals surface area contributed by atoms with E-state index in [0.29, 0.717) is 23.2 Å². The van der Waals surface area contributed by atoms with Crippen LogP contribution in [0.3, 0.4) is 0 Å². The van der Waals surface area contributed by atoms with Crippen LogP contribution in [-0.4, -0.2) is 20.7 Å². The van der Waals surface area contributed by atoms with E-state index in [1.54, 1.807) is 24.5 Å². The summed E-state index contributed by atoms with van der Waals surface area (Å²) in [5.41, 5.74) is -0.0592. The van der Waals surface area contributed by atoms with E-state index in [4.69, 9.17) is 4.42 Å². The van der Waals surface area contributed by atoms with Gasteiger partial charge in [-0.3, -0.25) is 9.36 Å². The molecule has 35 heavy (non-hydrogen) atoms. The number of benzene rings is 2. The molecule has 1 atom stereocenters. The maximum absolute atomic E-state index is 13.4. The summed E-state index contributed by atoms with van der Waals surface area (Å²) in [5, 5.41) is 11.2. The molecule has 0 radical (unpaired) electrons. The van der Waals surface area contributed by atoms with Gasteiger partial charge in [0.1, 0.15) is 16.8 Å². The zero-order valence-electron chi connectivity index (χ0n) is 18.4. The molecule has 10 heteroatoms. The molecule has 2 aromatic heterocycles. The first-order chi connectivity index (χ1) is 16.9. The lowest BCUT2D eigenvalue weighted by atomic mass is 10.1. The number of anilines is 1. The zero-order chi connectivity index (χ0) is 24.4. The van der Waals surface area contributed by atoms with Crippen molar-refractivity contribution < 1.29 is 22.4 Å². The lowest BCUT2D eigenvalue weighted by molar-refractivity contribution is -0.137. The van der Waals surface area contributed by atoms with Crippen molar-refractivity contribution >= 4 is 23.4 Å². The van der Waals surface area contributed by atoms with Gasteiger partial charge in [-0.05, 0) is 48.7 Å². The van der Waals surface area contributed by atoms with E-state index < -0.39 is 22.9 Å². The van der Waals surface area contributed by atoms with Gasteiger partial charge in [0, 0.05) is 11.6 Å². The topological polar surface area (TPSA) is 73.0 Å². The van der Waals surface area contributed by atoms with Gasteiger partial charge in [-0.1, -0.05) is 48.2 Å². The van der Waals surface area contributed by atoms with Gasteiger partial charge in [-0.25, -0.2) is 0 Å². The summed E-state index contributed by atoms with van der Waals surface area (Å²) in [4.78, 5) is 13.4. The second kappa shape index (κ2) is 9.61. The predicted octanol–water partition coefficient (Wildman–Crippen LogP) is 6.29. The number of nitrogens with one attached hydrogen (secondary N) is 1. The van der Waals surface area contributed by atoms with Crippen molar-refractivity contribution in [1.29, 1.82) is 0 Å². The van der Waals surface area contributed by atoms with E-state index in [-0.39, 0.29) is 5.69 Å². The molecular weight excluding hydrogens is 477 g/mol. The van der Waals surface area contributed by atoms with Crippen LogP contribution < -0.4 is 5.32 Å². The molecule has 1 fully saturated rings. The van der Waals surface area contributed by atoms with E-state index in [9.17, 15) is 18.0 Å². The number of amides is 1. The molecule has 4 aromatic rings. The average molecular weight is 499 g/mol. The van der Waals surface area contributed by atoms with Crippen LogP contribution in [0, 0.1) is 0 Å². The number of hydrogen-bond acceptors (Lipinski definition) is 5. The van der Waals surface area contributed by atoms with Crippen LogP contribution in [-0.2, 0) is 17.5 Å². The van der Waals surface area contributed by atoms with Crippen molar-refractivity contribution in [2.24, 2.45) is 0 Å². The van der Waals surface area contributed by atoms with Gasteiger partial charge in [-0.2, -0.15) is 13.2 Å². The third-order valence-corrected chi connectivity index (χ3v) is 6.84. The van der Waals surface area contributed by atoms with Crippen molar-refractivity contribution in [3.8, 4) is 0 Å². The minimum Gasteiger partial charge on any atom is -0.467 e. The van der Waals surface area contributed by atoms with Crippen LogP contribution in [0.5, 0.6) is 0 Å². The summed E-state index contributed by atoms with van der Waals surface area (Å²) in [6.45, 7) is 0.422. The third kappa shape index (κ3) is 5.43. The first-order valence-corrected chi connectivity index (χ1v) is 11.9. The van der Waals surface area contributed by atoms with Crippen molar-refractivity contribution in [3.63, 3.8) is 0 Å². The Labute approximate surface area is 203 Å². The molecule has 1 amide bonds. The summed E-state index contributed by atoms with van der Waals surface area (Å²) < 4.78 is 46.9. The molecule has 1 aliphatic rings. The number of furan rings is 1. The second-order valence-electron chi connectivity index (χ2n) is 8.26. The minimum atomic E-state index is -4.50. The molecule has 0 spiro atoms. The fourth-order valence-electron chi connectivity index (χ4n) is 3.72. The van der Waals surface area contributed by atoms with E-state index in [1.807, 2.05) is 28.8 Å². The van der Waals surface area contributed by atoms with Gasteiger partial charge >= 0.3 is 6.18 Å². The molecule has 2 aromatic carbocycles. The molecule has 0 saturated heterocycles. The Balaban J connectivity index is 1.45. The fourth-order valence-corrected chi connectivity index (χ4v) is 4.77. The average Bonchev–Trinajstić information content (AvgIpc) is 3.41. The first-order valence-electron chi connectivity index (χ1n) is 11.0. The van der Waals surface area contributed by atoms with E-state index in [2.05, 4.69) is 15.5 Å². The Morgan fingerprint density at radius 3 is 2.57 bits per heavy atom. The molecule has 6 nitrogen and oxygen atoms in total. The summed E-state index contributed by atoms with van der Waals surface area (Å²) >= 11 is 1.21. The Bertz CT molecular complexity index is 1300. The quantitative estimate of drug-likeness (QED) is 0.289. The fraction of sp³-hybridized carbons (Fsp3) is 0.240. The van der Waals surface area contributed by atoms with Crippen LogP contribution >= 0.6 is 11.8 Å². The SMILES string of the molecule is O=C(Nc1cccc(C(F)(F)F)c1)C(Sc1nnc(C2CC2)n1Cc1ccco1)c1ccccc1. The number of nitrogens with zero attached hydrogens (tertiary/aromatic N) is 3.